The van der Waals surface area contributed by atoms with E-state index in [1.165, 1.54) is 18.3 Å². The van der Waals surface area contributed by atoms with Crippen molar-refractivity contribution in [3.05, 3.63) is 10.4 Å². The van der Waals surface area contributed by atoms with Gasteiger partial charge in [0.2, 0.25) is 0 Å². The molecule has 1 aromatic rings. The summed E-state index contributed by atoms with van der Waals surface area (Å²) >= 11 is 1.24. The minimum absolute atomic E-state index is 0.107. The van der Waals surface area contributed by atoms with Crippen molar-refractivity contribution in [2.45, 2.75) is 6.92 Å². The average Bonchev–Trinajstić information content (AvgIpc) is 2.54. The minimum Gasteiger partial charge on any atom is -0.396 e. The van der Waals surface area contributed by atoms with Crippen molar-refractivity contribution < 1.29 is 4.79 Å². The molecule has 0 unspecified atom stereocenters. The van der Waals surface area contributed by atoms with Crippen LogP contribution in [0, 0.1) is 11.3 Å². The number of hydrogen-bond acceptors (Lipinski definition) is 6. The molecule has 3 N–H and O–H groups in total. The van der Waals surface area contributed by atoms with E-state index < -0.39 is 0 Å². The number of nitrogens with zero attached hydrogens (tertiary/aromatic N) is 2. The monoisotopic (exact) mass is 252 g/mol. The molecule has 0 saturated carbocycles. The van der Waals surface area contributed by atoms with Gasteiger partial charge in [-0.05, 0) is 14.1 Å². The Morgan fingerprint density at radius 3 is 2.71 bits per heavy atom. The fraction of sp³-hybridized carbons (Fsp3) is 0.455. The molecule has 0 atom stereocenters. The van der Waals surface area contributed by atoms with Gasteiger partial charge in [0, 0.05) is 20.0 Å². The molecule has 6 heteroatoms. The standard InChI is InChI=1S/C11H16N4OS/c1-7(16)10-9(13)8(6-12)11(17-10)14-4-5-15(2)3/h14H,4-5,13H2,1-3H3. The highest BCUT2D eigenvalue weighted by Crippen LogP contribution is 2.35. The number of rotatable bonds is 5. The molecule has 0 fully saturated rings. The molecule has 0 radical (unpaired) electrons. The van der Waals surface area contributed by atoms with Gasteiger partial charge in [0.1, 0.15) is 16.6 Å². The van der Waals surface area contributed by atoms with Gasteiger partial charge in [-0.3, -0.25) is 4.79 Å². The Morgan fingerprint density at radius 1 is 1.59 bits per heavy atom. The first-order chi connectivity index (χ1) is 7.97. The number of hydrogen-bond donors (Lipinski definition) is 2. The molecule has 1 rings (SSSR count). The molecule has 0 aliphatic carbocycles. The summed E-state index contributed by atoms with van der Waals surface area (Å²) < 4.78 is 0. The van der Waals surface area contributed by atoms with E-state index in [-0.39, 0.29) is 11.5 Å². The molecule has 92 valence electrons. The van der Waals surface area contributed by atoms with Crippen molar-refractivity contribution in [3.63, 3.8) is 0 Å². The van der Waals surface area contributed by atoms with Crippen molar-refractivity contribution in [3.8, 4) is 6.07 Å². The number of carbonyl (C=O) groups excluding carboxylic acids is 1. The molecule has 0 spiro atoms. The summed E-state index contributed by atoms with van der Waals surface area (Å²) in [6.07, 6.45) is 0. The van der Waals surface area contributed by atoms with Gasteiger partial charge in [-0.15, -0.1) is 11.3 Å². The molecule has 0 aliphatic heterocycles. The van der Waals surface area contributed by atoms with Gasteiger partial charge in [0.25, 0.3) is 0 Å². The third-order valence-electron chi connectivity index (χ3n) is 2.22. The van der Waals surface area contributed by atoms with Crippen LogP contribution in [0.2, 0.25) is 0 Å². The number of ketones is 1. The molecule has 5 nitrogen and oxygen atoms in total. The Bertz CT molecular complexity index is 459. The first kappa shape index (κ1) is 13.5. The molecular weight excluding hydrogens is 236 g/mol. The Labute approximate surface area is 105 Å². The quantitative estimate of drug-likeness (QED) is 0.774. The summed E-state index contributed by atoms with van der Waals surface area (Å²) in [5, 5.41) is 12.8. The predicted molar refractivity (Wildman–Crippen MR) is 70.5 cm³/mol. The van der Waals surface area contributed by atoms with Crippen molar-refractivity contribution in [2.24, 2.45) is 0 Å². The van der Waals surface area contributed by atoms with Gasteiger partial charge in [-0.2, -0.15) is 5.26 Å². The van der Waals surface area contributed by atoms with E-state index >= 15 is 0 Å². The lowest BCUT2D eigenvalue weighted by Crippen LogP contribution is -2.20. The van der Waals surface area contributed by atoms with E-state index in [2.05, 4.69) is 5.32 Å². The lowest BCUT2D eigenvalue weighted by molar-refractivity contribution is 0.102. The smallest absolute Gasteiger partial charge is 0.171 e. The Balaban J connectivity index is 2.89. The average molecular weight is 252 g/mol. The molecule has 0 amide bonds. The molecule has 1 aromatic heterocycles. The van der Waals surface area contributed by atoms with Gasteiger partial charge >= 0.3 is 0 Å². The lowest BCUT2D eigenvalue weighted by Gasteiger charge is -2.10. The molecule has 0 saturated heterocycles. The maximum absolute atomic E-state index is 11.3. The van der Waals surface area contributed by atoms with Crippen LogP contribution in [0.25, 0.3) is 0 Å². The number of nitrogens with two attached hydrogens (primary N) is 1. The Morgan fingerprint density at radius 2 is 2.24 bits per heavy atom. The summed E-state index contributed by atoms with van der Waals surface area (Å²) in [5.74, 6) is -0.107. The van der Waals surface area contributed by atoms with Crippen LogP contribution in [-0.2, 0) is 0 Å². The number of Topliss-reactive ketones (excluding diaryl/α,β-unsaturated/α-hetero) is 1. The van der Waals surface area contributed by atoms with E-state index in [1.807, 2.05) is 25.1 Å². The fourth-order valence-electron chi connectivity index (χ4n) is 1.33. The van der Waals surface area contributed by atoms with Crippen LogP contribution < -0.4 is 11.1 Å². The second-order valence-corrected chi connectivity index (χ2v) is 4.97. The summed E-state index contributed by atoms with van der Waals surface area (Å²) in [4.78, 5) is 13.8. The van der Waals surface area contributed by atoms with Crippen molar-refractivity contribution >= 4 is 27.8 Å². The first-order valence-electron chi connectivity index (χ1n) is 5.19. The number of nitrogens with one attached hydrogen (secondary N) is 1. The van der Waals surface area contributed by atoms with Crippen molar-refractivity contribution in [1.29, 1.82) is 5.26 Å². The van der Waals surface area contributed by atoms with Crippen LogP contribution in [0.1, 0.15) is 22.2 Å². The van der Waals surface area contributed by atoms with E-state index in [4.69, 9.17) is 11.0 Å². The van der Waals surface area contributed by atoms with Crippen LogP contribution in [-0.4, -0.2) is 37.9 Å². The second-order valence-electron chi connectivity index (χ2n) is 3.95. The van der Waals surface area contributed by atoms with Crippen LogP contribution in [0.3, 0.4) is 0 Å². The topological polar surface area (TPSA) is 82.2 Å². The number of nitriles is 1. The third-order valence-corrected chi connectivity index (χ3v) is 3.49. The third kappa shape index (κ3) is 3.19. The lowest BCUT2D eigenvalue weighted by atomic mass is 10.2. The summed E-state index contributed by atoms with van der Waals surface area (Å²) in [6.45, 7) is 3.00. The van der Waals surface area contributed by atoms with Crippen LogP contribution in [0.5, 0.6) is 0 Å². The van der Waals surface area contributed by atoms with Crippen molar-refractivity contribution in [1.82, 2.24) is 4.90 Å². The molecule has 1 heterocycles. The number of thiophene rings is 1. The fourth-order valence-corrected chi connectivity index (χ4v) is 2.33. The van der Waals surface area contributed by atoms with Gasteiger partial charge in [-0.1, -0.05) is 0 Å². The maximum Gasteiger partial charge on any atom is 0.171 e. The summed E-state index contributed by atoms with van der Waals surface area (Å²) in [7, 11) is 3.94. The van der Waals surface area contributed by atoms with Gasteiger partial charge in [0.05, 0.1) is 10.6 Å². The van der Waals surface area contributed by atoms with Gasteiger partial charge in [0.15, 0.2) is 5.78 Å². The Hall–Kier alpha value is -1.58. The van der Waals surface area contributed by atoms with E-state index in [9.17, 15) is 4.79 Å². The maximum atomic E-state index is 11.3. The highest BCUT2D eigenvalue weighted by Gasteiger charge is 2.18. The molecule has 0 bridgehead atoms. The summed E-state index contributed by atoms with van der Waals surface area (Å²) in [6, 6.07) is 2.03. The highest BCUT2D eigenvalue weighted by atomic mass is 32.1. The van der Waals surface area contributed by atoms with Crippen LogP contribution >= 0.6 is 11.3 Å². The van der Waals surface area contributed by atoms with Crippen LogP contribution in [0.4, 0.5) is 10.7 Å². The number of likely N-dealkylation sites (N-methyl/N-ethyl adjacent to an activating group) is 1. The zero-order valence-corrected chi connectivity index (χ0v) is 11.0. The number of anilines is 2. The molecule has 0 aliphatic rings. The normalized spacial score (nSPS) is 10.3. The zero-order chi connectivity index (χ0) is 13.0. The van der Waals surface area contributed by atoms with Crippen molar-refractivity contribution in [2.75, 3.05) is 38.2 Å². The summed E-state index contributed by atoms with van der Waals surface area (Å²) in [5.41, 5.74) is 6.43. The SMILES string of the molecule is CC(=O)c1sc(NCCN(C)C)c(C#N)c1N. The molecular formula is C11H16N4OS. The Kier molecular flexibility index (Phi) is 4.49. The van der Waals surface area contributed by atoms with E-state index in [0.29, 0.717) is 22.0 Å². The van der Waals surface area contributed by atoms with E-state index in [0.717, 1.165) is 6.54 Å². The van der Waals surface area contributed by atoms with Gasteiger partial charge in [-0.25, -0.2) is 0 Å². The zero-order valence-electron chi connectivity index (χ0n) is 10.2. The number of nitrogen functional groups attached to an aromatic ring is 1. The first-order valence-corrected chi connectivity index (χ1v) is 6.01. The van der Waals surface area contributed by atoms with E-state index in [1.54, 1.807) is 0 Å². The van der Waals surface area contributed by atoms with Gasteiger partial charge < -0.3 is 16.0 Å². The predicted octanol–water partition coefficient (Wildman–Crippen LogP) is 1.38. The molecule has 17 heavy (non-hydrogen) atoms. The molecule has 0 aromatic carbocycles. The second kappa shape index (κ2) is 5.66. The van der Waals surface area contributed by atoms with Crippen LogP contribution in [0.15, 0.2) is 0 Å². The number of carbonyl (C=O) groups is 1. The highest BCUT2D eigenvalue weighted by molar-refractivity contribution is 7.18. The largest absolute Gasteiger partial charge is 0.396 e. The minimum atomic E-state index is -0.107.